The number of halogens is 2. The van der Waals surface area contributed by atoms with Gasteiger partial charge in [-0.15, -0.1) is 0 Å². The Kier molecular flexibility index (Phi) is 4.04. The molecule has 0 spiro atoms. The molecule has 1 aliphatic carbocycles. The Hall–Kier alpha value is -2.10. The number of aryl methyl sites for hydroxylation is 1. The van der Waals surface area contributed by atoms with Gasteiger partial charge in [0.2, 0.25) is 0 Å². The van der Waals surface area contributed by atoms with Gasteiger partial charge in [-0.2, -0.15) is 8.78 Å². The molecule has 0 aliphatic heterocycles. The Balaban J connectivity index is 1.85. The molecule has 1 N–H and O–H groups in total. The SMILES string of the molecule is FC(F)Oc1ccccc1NC1CCCc2ccccc21. The summed E-state index contributed by atoms with van der Waals surface area (Å²) in [6.07, 6.45) is 3.15. The molecule has 1 aliphatic rings. The van der Waals surface area contributed by atoms with Crippen molar-refractivity contribution >= 4 is 5.69 Å². The van der Waals surface area contributed by atoms with E-state index in [0.717, 1.165) is 19.3 Å². The number of nitrogens with one attached hydrogen (secondary N) is 1. The minimum Gasteiger partial charge on any atom is -0.433 e. The van der Waals surface area contributed by atoms with Crippen LogP contribution in [0.4, 0.5) is 14.5 Å². The minimum atomic E-state index is -2.81. The molecule has 2 nitrogen and oxygen atoms in total. The zero-order chi connectivity index (χ0) is 14.7. The summed E-state index contributed by atoms with van der Waals surface area (Å²) < 4.78 is 29.5. The molecule has 1 unspecified atom stereocenters. The van der Waals surface area contributed by atoms with Crippen LogP contribution in [-0.4, -0.2) is 6.61 Å². The molecule has 0 bridgehead atoms. The lowest BCUT2D eigenvalue weighted by atomic mass is 9.87. The van der Waals surface area contributed by atoms with Crippen LogP contribution < -0.4 is 10.1 Å². The summed E-state index contributed by atoms with van der Waals surface area (Å²) in [6.45, 7) is -2.81. The average Bonchev–Trinajstić information content (AvgIpc) is 2.49. The molecule has 0 amide bonds. The number of benzene rings is 2. The summed E-state index contributed by atoms with van der Waals surface area (Å²) in [7, 11) is 0. The Bertz CT molecular complexity index is 615. The minimum absolute atomic E-state index is 0.136. The van der Waals surface area contributed by atoms with Gasteiger partial charge in [0.25, 0.3) is 0 Å². The highest BCUT2D eigenvalue weighted by Gasteiger charge is 2.21. The lowest BCUT2D eigenvalue weighted by Crippen LogP contribution is -2.18. The van der Waals surface area contributed by atoms with Gasteiger partial charge in [-0.3, -0.25) is 0 Å². The fourth-order valence-electron chi connectivity index (χ4n) is 2.88. The van der Waals surface area contributed by atoms with Gasteiger partial charge in [-0.25, -0.2) is 0 Å². The van der Waals surface area contributed by atoms with E-state index in [2.05, 4.69) is 22.2 Å². The predicted octanol–water partition coefficient (Wildman–Crippen LogP) is 4.78. The van der Waals surface area contributed by atoms with Crippen molar-refractivity contribution in [1.82, 2.24) is 0 Å². The van der Waals surface area contributed by atoms with Crippen LogP contribution in [0, 0.1) is 0 Å². The van der Waals surface area contributed by atoms with E-state index < -0.39 is 6.61 Å². The largest absolute Gasteiger partial charge is 0.433 e. The van der Waals surface area contributed by atoms with Crippen molar-refractivity contribution in [3.8, 4) is 5.75 Å². The Morgan fingerprint density at radius 3 is 2.67 bits per heavy atom. The van der Waals surface area contributed by atoms with Crippen LogP contribution in [0.3, 0.4) is 0 Å². The van der Waals surface area contributed by atoms with Crippen molar-refractivity contribution in [2.45, 2.75) is 31.9 Å². The molecule has 2 aromatic carbocycles. The first kappa shape index (κ1) is 13.9. The molecule has 3 rings (SSSR count). The van der Waals surface area contributed by atoms with Crippen molar-refractivity contribution in [2.75, 3.05) is 5.32 Å². The Morgan fingerprint density at radius 2 is 1.81 bits per heavy atom. The first-order valence-corrected chi connectivity index (χ1v) is 7.12. The molecule has 1 atom stereocenters. The van der Waals surface area contributed by atoms with Gasteiger partial charge in [0.1, 0.15) is 5.75 Å². The number of fused-ring (bicyclic) bond motifs is 1. The van der Waals surface area contributed by atoms with Gasteiger partial charge < -0.3 is 10.1 Å². The first-order chi connectivity index (χ1) is 10.2. The fourth-order valence-corrected chi connectivity index (χ4v) is 2.88. The van der Waals surface area contributed by atoms with E-state index >= 15 is 0 Å². The lowest BCUT2D eigenvalue weighted by Gasteiger charge is -2.28. The number of ether oxygens (including phenoxy) is 1. The summed E-state index contributed by atoms with van der Waals surface area (Å²) in [6, 6.07) is 15.3. The van der Waals surface area contributed by atoms with E-state index in [1.54, 1.807) is 18.2 Å². The molecular formula is C17H17F2NO. The molecule has 21 heavy (non-hydrogen) atoms. The quantitative estimate of drug-likeness (QED) is 0.874. The number of alkyl halides is 2. The second-order valence-corrected chi connectivity index (χ2v) is 5.16. The third-order valence-corrected chi connectivity index (χ3v) is 3.80. The molecule has 0 heterocycles. The van der Waals surface area contributed by atoms with Gasteiger partial charge in [0.15, 0.2) is 0 Å². The Morgan fingerprint density at radius 1 is 1.05 bits per heavy atom. The van der Waals surface area contributed by atoms with E-state index in [4.69, 9.17) is 0 Å². The zero-order valence-electron chi connectivity index (χ0n) is 11.6. The molecule has 0 aromatic heterocycles. The van der Waals surface area contributed by atoms with E-state index in [0.29, 0.717) is 5.69 Å². The van der Waals surface area contributed by atoms with Crippen LogP contribution in [-0.2, 0) is 6.42 Å². The monoisotopic (exact) mass is 289 g/mol. The van der Waals surface area contributed by atoms with Crippen LogP contribution in [0.25, 0.3) is 0 Å². The third kappa shape index (κ3) is 3.15. The number of rotatable bonds is 4. The van der Waals surface area contributed by atoms with Crippen LogP contribution in [0.2, 0.25) is 0 Å². The maximum Gasteiger partial charge on any atom is 0.387 e. The van der Waals surface area contributed by atoms with Crippen molar-refractivity contribution in [3.63, 3.8) is 0 Å². The van der Waals surface area contributed by atoms with Crippen molar-refractivity contribution < 1.29 is 13.5 Å². The van der Waals surface area contributed by atoms with Gasteiger partial charge in [-0.1, -0.05) is 36.4 Å². The van der Waals surface area contributed by atoms with E-state index in [1.165, 1.54) is 11.1 Å². The fraction of sp³-hybridized carbons (Fsp3) is 0.294. The summed E-state index contributed by atoms with van der Waals surface area (Å²) in [5.41, 5.74) is 3.18. The molecule has 2 aromatic rings. The smallest absolute Gasteiger partial charge is 0.387 e. The number of anilines is 1. The zero-order valence-corrected chi connectivity index (χ0v) is 11.6. The Labute approximate surface area is 122 Å². The lowest BCUT2D eigenvalue weighted by molar-refractivity contribution is -0.0493. The number of hydrogen-bond donors (Lipinski definition) is 1. The normalized spacial score (nSPS) is 17.4. The van der Waals surface area contributed by atoms with Gasteiger partial charge >= 0.3 is 6.61 Å². The van der Waals surface area contributed by atoms with Gasteiger partial charge in [-0.05, 0) is 42.5 Å². The first-order valence-electron chi connectivity index (χ1n) is 7.12. The van der Waals surface area contributed by atoms with Crippen LogP contribution in [0.15, 0.2) is 48.5 Å². The number of hydrogen-bond acceptors (Lipinski definition) is 2. The standard InChI is InChI=1S/C17H17F2NO/c18-17(19)21-16-11-4-3-9-15(16)20-14-10-5-7-12-6-1-2-8-13(12)14/h1-4,6,8-9,11,14,17,20H,5,7,10H2. The molecule has 0 fully saturated rings. The molecule has 0 radical (unpaired) electrons. The van der Waals surface area contributed by atoms with E-state index in [9.17, 15) is 8.78 Å². The maximum absolute atomic E-state index is 12.5. The summed E-state index contributed by atoms with van der Waals surface area (Å²) >= 11 is 0. The highest BCUT2D eigenvalue weighted by molar-refractivity contribution is 5.58. The van der Waals surface area contributed by atoms with E-state index in [-0.39, 0.29) is 11.8 Å². The van der Waals surface area contributed by atoms with Crippen LogP contribution >= 0.6 is 0 Å². The van der Waals surface area contributed by atoms with E-state index in [1.807, 2.05) is 18.2 Å². The van der Waals surface area contributed by atoms with Gasteiger partial charge in [0.05, 0.1) is 11.7 Å². The topological polar surface area (TPSA) is 21.3 Å². The van der Waals surface area contributed by atoms with Crippen molar-refractivity contribution in [1.29, 1.82) is 0 Å². The van der Waals surface area contributed by atoms with Crippen molar-refractivity contribution in [2.24, 2.45) is 0 Å². The van der Waals surface area contributed by atoms with Crippen LogP contribution in [0.5, 0.6) is 5.75 Å². The summed E-state index contributed by atoms with van der Waals surface area (Å²) in [4.78, 5) is 0. The number of para-hydroxylation sites is 2. The third-order valence-electron chi connectivity index (χ3n) is 3.80. The molecule has 0 saturated heterocycles. The molecular weight excluding hydrogens is 272 g/mol. The maximum atomic E-state index is 12.5. The molecule has 4 heteroatoms. The second kappa shape index (κ2) is 6.12. The highest BCUT2D eigenvalue weighted by atomic mass is 19.3. The summed E-state index contributed by atoms with van der Waals surface area (Å²) in [5.74, 6) is 0.190. The molecule has 110 valence electrons. The summed E-state index contributed by atoms with van der Waals surface area (Å²) in [5, 5.41) is 3.35. The van der Waals surface area contributed by atoms with Crippen LogP contribution in [0.1, 0.15) is 30.0 Å². The van der Waals surface area contributed by atoms with Crippen molar-refractivity contribution in [3.05, 3.63) is 59.7 Å². The highest BCUT2D eigenvalue weighted by Crippen LogP contribution is 2.35. The van der Waals surface area contributed by atoms with Gasteiger partial charge in [0, 0.05) is 0 Å². The predicted molar refractivity (Wildman–Crippen MR) is 78.8 cm³/mol. The average molecular weight is 289 g/mol. The molecule has 0 saturated carbocycles. The second-order valence-electron chi connectivity index (χ2n) is 5.16.